The Morgan fingerprint density at radius 1 is 1.17 bits per heavy atom. The van der Waals surface area contributed by atoms with Gasteiger partial charge in [-0.25, -0.2) is 0 Å². The van der Waals surface area contributed by atoms with Crippen molar-refractivity contribution in [2.24, 2.45) is 10.2 Å². The van der Waals surface area contributed by atoms with Crippen LogP contribution in [0.25, 0.3) is 0 Å². The monoisotopic (exact) mass is 277 g/mol. The van der Waals surface area contributed by atoms with Crippen molar-refractivity contribution >= 4 is 40.3 Å². The molecule has 3 rings (SSSR count). The predicted octanol–water partition coefficient (Wildman–Crippen LogP) is 2.11. The summed E-state index contributed by atoms with van der Waals surface area (Å²) in [6.45, 7) is 0. The number of nitrogens with one attached hydrogen (secondary N) is 1. The van der Waals surface area contributed by atoms with Gasteiger partial charge in [0, 0.05) is 22.6 Å². The SMILES string of the molecule is O=C1CSC(=NN=C2CCSc3ccccc32)N1. The maximum Gasteiger partial charge on any atom is 0.236 e. The number of rotatable bonds is 1. The van der Waals surface area contributed by atoms with Gasteiger partial charge in [-0.1, -0.05) is 30.0 Å². The van der Waals surface area contributed by atoms with E-state index in [1.165, 1.54) is 16.7 Å². The van der Waals surface area contributed by atoms with Gasteiger partial charge in [-0.05, 0) is 6.07 Å². The molecule has 1 amide bonds. The third-order valence-corrected chi connectivity index (χ3v) is 4.58. The fourth-order valence-corrected chi connectivity index (χ4v) is 3.47. The second-order valence-electron chi connectivity index (χ2n) is 3.88. The van der Waals surface area contributed by atoms with Gasteiger partial charge in [0.15, 0.2) is 5.17 Å². The molecule has 0 radical (unpaired) electrons. The third-order valence-electron chi connectivity index (χ3n) is 2.64. The molecule has 1 N–H and O–H groups in total. The van der Waals surface area contributed by atoms with Gasteiger partial charge in [-0.3, -0.25) is 4.79 Å². The lowest BCUT2D eigenvalue weighted by Gasteiger charge is -2.15. The highest BCUT2D eigenvalue weighted by Gasteiger charge is 2.18. The van der Waals surface area contributed by atoms with Gasteiger partial charge in [0.05, 0.1) is 11.5 Å². The molecule has 1 aromatic rings. The van der Waals surface area contributed by atoms with Crippen LogP contribution in [-0.4, -0.2) is 28.3 Å². The molecule has 92 valence electrons. The quantitative estimate of drug-likeness (QED) is 0.800. The van der Waals surface area contributed by atoms with Gasteiger partial charge in [0.1, 0.15) is 0 Å². The summed E-state index contributed by atoms with van der Waals surface area (Å²) >= 11 is 3.24. The summed E-state index contributed by atoms with van der Waals surface area (Å²) in [7, 11) is 0. The number of amidine groups is 1. The van der Waals surface area contributed by atoms with Crippen LogP contribution in [0.2, 0.25) is 0 Å². The fraction of sp³-hybridized carbons (Fsp3) is 0.250. The number of carbonyl (C=O) groups excluding carboxylic acids is 1. The number of fused-ring (bicyclic) bond motifs is 1. The van der Waals surface area contributed by atoms with Gasteiger partial charge in [-0.15, -0.1) is 16.9 Å². The molecule has 2 aliphatic heterocycles. The van der Waals surface area contributed by atoms with Crippen LogP contribution >= 0.6 is 23.5 Å². The molecule has 4 nitrogen and oxygen atoms in total. The van der Waals surface area contributed by atoms with Crippen LogP contribution in [0.3, 0.4) is 0 Å². The molecule has 1 saturated heterocycles. The van der Waals surface area contributed by atoms with Crippen molar-refractivity contribution in [3.63, 3.8) is 0 Å². The Hall–Kier alpha value is -1.27. The van der Waals surface area contributed by atoms with E-state index < -0.39 is 0 Å². The number of thioether (sulfide) groups is 2. The summed E-state index contributed by atoms with van der Waals surface area (Å²) < 4.78 is 0. The van der Waals surface area contributed by atoms with Gasteiger partial charge in [0.25, 0.3) is 0 Å². The van der Waals surface area contributed by atoms with E-state index in [0.717, 1.165) is 23.4 Å². The van der Waals surface area contributed by atoms with Gasteiger partial charge in [-0.2, -0.15) is 5.10 Å². The molecule has 18 heavy (non-hydrogen) atoms. The molecule has 2 aliphatic rings. The molecular formula is C12H11N3OS2. The normalized spacial score (nSPS) is 23.2. The highest BCUT2D eigenvalue weighted by Crippen LogP contribution is 2.30. The molecule has 0 unspecified atom stereocenters. The molecule has 0 atom stereocenters. The van der Waals surface area contributed by atoms with Gasteiger partial charge >= 0.3 is 0 Å². The molecule has 2 heterocycles. The van der Waals surface area contributed by atoms with Crippen molar-refractivity contribution in [2.45, 2.75) is 11.3 Å². The molecule has 6 heteroatoms. The maximum atomic E-state index is 11.0. The number of nitrogens with zero attached hydrogens (tertiary/aromatic N) is 2. The first-order valence-electron chi connectivity index (χ1n) is 5.62. The van der Waals surface area contributed by atoms with Gasteiger partial charge in [0.2, 0.25) is 5.91 Å². The second kappa shape index (κ2) is 5.16. The van der Waals surface area contributed by atoms with E-state index in [9.17, 15) is 4.79 Å². The zero-order valence-corrected chi connectivity index (χ0v) is 11.2. The largest absolute Gasteiger partial charge is 0.303 e. The van der Waals surface area contributed by atoms with E-state index >= 15 is 0 Å². The molecule has 0 aromatic heterocycles. The lowest BCUT2D eigenvalue weighted by molar-refractivity contribution is -0.116. The fourth-order valence-electron chi connectivity index (χ4n) is 1.81. The van der Waals surface area contributed by atoms with Crippen LogP contribution in [0.1, 0.15) is 12.0 Å². The van der Waals surface area contributed by atoms with E-state index in [1.54, 1.807) is 0 Å². The van der Waals surface area contributed by atoms with Crippen LogP contribution in [0.5, 0.6) is 0 Å². The Labute approximate surface area is 113 Å². The molecule has 0 aliphatic carbocycles. The highest BCUT2D eigenvalue weighted by atomic mass is 32.2. The van der Waals surface area contributed by atoms with Crippen molar-refractivity contribution < 1.29 is 4.79 Å². The van der Waals surface area contributed by atoms with Gasteiger partial charge < -0.3 is 5.32 Å². The minimum Gasteiger partial charge on any atom is -0.303 e. The van der Waals surface area contributed by atoms with Crippen molar-refractivity contribution in [1.29, 1.82) is 0 Å². The average Bonchev–Trinajstić information content (AvgIpc) is 2.82. The van der Waals surface area contributed by atoms with E-state index in [4.69, 9.17) is 0 Å². The molecule has 1 aromatic carbocycles. The topological polar surface area (TPSA) is 53.8 Å². The minimum absolute atomic E-state index is 0.00134. The zero-order chi connectivity index (χ0) is 12.4. The Kier molecular flexibility index (Phi) is 3.38. The molecule has 1 fully saturated rings. The van der Waals surface area contributed by atoms with Crippen LogP contribution in [0.4, 0.5) is 0 Å². The molecule has 0 spiro atoms. The zero-order valence-electron chi connectivity index (χ0n) is 9.55. The van der Waals surface area contributed by atoms with E-state index in [0.29, 0.717) is 10.9 Å². The standard InChI is InChI=1S/C12H11N3OS2/c16-11-7-18-12(13-11)15-14-9-5-6-17-10-4-2-1-3-8(9)10/h1-4H,5-7H2,(H,13,15,16). The number of carbonyl (C=O) groups is 1. The van der Waals surface area contributed by atoms with Crippen molar-refractivity contribution in [2.75, 3.05) is 11.5 Å². The summed E-state index contributed by atoms with van der Waals surface area (Å²) in [6.07, 6.45) is 0.914. The summed E-state index contributed by atoms with van der Waals surface area (Å²) in [4.78, 5) is 12.3. The predicted molar refractivity (Wildman–Crippen MR) is 76.4 cm³/mol. The Morgan fingerprint density at radius 3 is 2.89 bits per heavy atom. The first kappa shape index (κ1) is 11.8. The molecule has 0 saturated carbocycles. The summed E-state index contributed by atoms with van der Waals surface area (Å²) in [6, 6.07) is 8.22. The van der Waals surface area contributed by atoms with Crippen LogP contribution in [0.15, 0.2) is 39.4 Å². The first-order chi connectivity index (χ1) is 8.83. The van der Waals surface area contributed by atoms with Crippen LogP contribution < -0.4 is 5.32 Å². The lowest BCUT2D eigenvalue weighted by Crippen LogP contribution is -2.20. The van der Waals surface area contributed by atoms with E-state index in [2.05, 4.69) is 27.7 Å². The smallest absolute Gasteiger partial charge is 0.236 e. The van der Waals surface area contributed by atoms with E-state index in [-0.39, 0.29) is 5.91 Å². The number of hydrogen-bond donors (Lipinski definition) is 1. The first-order valence-corrected chi connectivity index (χ1v) is 7.59. The number of hydrogen-bond acceptors (Lipinski definition) is 5. The Balaban J connectivity index is 1.87. The third kappa shape index (κ3) is 2.44. The highest BCUT2D eigenvalue weighted by molar-refractivity contribution is 8.15. The number of amides is 1. The Morgan fingerprint density at radius 2 is 2.06 bits per heavy atom. The summed E-state index contributed by atoms with van der Waals surface area (Å²) in [5, 5.41) is 11.7. The maximum absolute atomic E-state index is 11.0. The molecule has 0 bridgehead atoms. The minimum atomic E-state index is -0.00134. The lowest BCUT2D eigenvalue weighted by atomic mass is 10.1. The van der Waals surface area contributed by atoms with Crippen molar-refractivity contribution in [3.8, 4) is 0 Å². The van der Waals surface area contributed by atoms with Crippen molar-refractivity contribution in [1.82, 2.24) is 5.32 Å². The Bertz CT molecular complexity index is 554. The number of benzene rings is 1. The molecular weight excluding hydrogens is 266 g/mol. The summed E-state index contributed by atoms with van der Waals surface area (Å²) in [5.41, 5.74) is 2.16. The average molecular weight is 277 g/mol. The van der Waals surface area contributed by atoms with Crippen molar-refractivity contribution in [3.05, 3.63) is 29.8 Å². The summed E-state index contributed by atoms with van der Waals surface area (Å²) in [5.74, 6) is 1.47. The van der Waals surface area contributed by atoms with Crippen LogP contribution in [0, 0.1) is 0 Å². The second-order valence-corrected chi connectivity index (χ2v) is 5.98. The van der Waals surface area contributed by atoms with Crippen LogP contribution in [-0.2, 0) is 4.79 Å². The van der Waals surface area contributed by atoms with E-state index in [1.807, 2.05) is 23.9 Å².